The molecule has 0 radical (unpaired) electrons. The molecule has 2 aromatic rings. The third-order valence-electron chi connectivity index (χ3n) is 3.53. The van der Waals surface area contributed by atoms with Gasteiger partial charge in [-0.3, -0.25) is 0 Å². The molecule has 0 aliphatic rings. The average Bonchev–Trinajstić information content (AvgIpc) is 2.49. The van der Waals surface area contributed by atoms with Gasteiger partial charge in [0.1, 0.15) is 5.82 Å². The molecular weight excluding hydrogens is 272 g/mol. The van der Waals surface area contributed by atoms with E-state index in [1.54, 1.807) is 18.2 Å². The zero-order chi connectivity index (χ0) is 15.2. The van der Waals surface area contributed by atoms with Crippen LogP contribution >= 0.6 is 0 Å². The number of halogens is 2. The van der Waals surface area contributed by atoms with Gasteiger partial charge >= 0.3 is 0 Å². The Balaban J connectivity index is 2.09. The zero-order valence-electron chi connectivity index (χ0n) is 12.2. The SMILES string of the molecule is CNC(Cc1ccc(OC)c(F)c1)Cc1ccccc1F. The molecule has 0 amide bonds. The zero-order valence-corrected chi connectivity index (χ0v) is 12.2. The Morgan fingerprint density at radius 2 is 1.81 bits per heavy atom. The number of nitrogens with one attached hydrogen (secondary N) is 1. The second kappa shape index (κ2) is 7.18. The lowest BCUT2D eigenvalue weighted by atomic mass is 9.98. The molecule has 2 rings (SSSR count). The van der Waals surface area contributed by atoms with Gasteiger partial charge in [-0.1, -0.05) is 24.3 Å². The highest BCUT2D eigenvalue weighted by molar-refractivity contribution is 5.30. The molecule has 4 heteroatoms. The number of rotatable bonds is 6. The van der Waals surface area contributed by atoms with Crippen molar-refractivity contribution in [2.45, 2.75) is 18.9 Å². The summed E-state index contributed by atoms with van der Waals surface area (Å²) in [5.74, 6) is -0.358. The van der Waals surface area contributed by atoms with Crippen LogP contribution in [0.1, 0.15) is 11.1 Å². The molecule has 1 N–H and O–H groups in total. The van der Waals surface area contributed by atoms with Crippen molar-refractivity contribution in [2.24, 2.45) is 0 Å². The Hall–Kier alpha value is -1.94. The van der Waals surface area contributed by atoms with Crippen molar-refractivity contribution in [3.63, 3.8) is 0 Å². The van der Waals surface area contributed by atoms with E-state index < -0.39 is 0 Å². The van der Waals surface area contributed by atoms with Crippen molar-refractivity contribution < 1.29 is 13.5 Å². The monoisotopic (exact) mass is 291 g/mol. The molecule has 2 nitrogen and oxygen atoms in total. The minimum atomic E-state index is -0.379. The second-order valence-corrected chi connectivity index (χ2v) is 4.95. The smallest absolute Gasteiger partial charge is 0.165 e. The fourth-order valence-corrected chi connectivity index (χ4v) is 2.33. The van der Waals surface area contributed by atoms with E-state index in [1.807, 2.05) is 19.2 Å². The average molecular weight is 291 g/mol. The molecule has 112 valence electrons. The predicted octanol–water partition coefficient (Wildman–Crippen LogP) is 3.35. The van der Waals surface area contributed by atoms with Gasteiger partial charge in [-0.2, -0.15) is 0 Å². The highest BCUT2D eigenvalue weighted by Gasteiger charge is 2.12. The fourth-order valence-electron chi connectivity index (χ4n) is 2.33. The van der Waals surface area contributed by atoms with Crippen LogP contribution in [0, 0.1) is 11.6 Å². The molecule has 0 saturated heterocycles. The molecule has 0 spiro atoms. The van der Waals surface area contributed by atoms with Crippen LogP contribution in [0.15, 0.2) is 42.5 Å². The number of benzene rings is 2. The van der Waals surface area contributed by atoms with Gasteiger partial charge in [0.15, 0.2) is 11.6 Å². The molecule has 0 heterocycles. The third kappa shape index (κ3) is 4.02. The van der Waals surface area contributed by atoms with Crippen LogP contribution in [0.4, 0.5) is 8.78 Å². The molecule has 1 atom stereocenters. The first-order valence-corrected chi connectivity index (χ1v) is 6.87. The minimum Gasteiger partial charge on any atom is -0.494 e. The Labute approximate surface area is 123 Å². The standard InChI is InChI=1S/C17H19F2NO/c1-20-14(11-13-5-3-4-6-15(13)18)9-12-7-8-17(21-2)16(19)10-12/h3-8,10,14,20H,9,11H2,1-2H3. The first-order chi connectivity index (χ1) is 10.1. The maximum absolute atomic E-state index is 13.7. The Morgan fingerprint density at radius 3 is 2.43 bits per heavy atom. The van der Waals surface area contributed by atoms with E-state index in [0.717, 1.165) is 5.56 Å². The minimum absolute atomic E-state index is 0.0368. The molecular formula is C17H19F2NO. The van der Waals surface area contributed by atoms with E-state index in [1.165, 1.54) is 19.2 Å². The van der Waals surface area contributed by atoms with E-state index in [2.05, 4.69) is 5.32 Å². The lowest BCUT2D eigenvalue weighted by Gasteiger charge is -2.17. The Kier molecular flexibility index (Phi) is 5.28. The van der Waals surface area contributed by atoms with E-state index in [0.29, 0.717) is 18.4 Å². The van der Waals surface area contributed by atoms with Crippen molar-refractivity contribution in [1.82, 2.24) is 5.32 Å². The number of methoxy groups -OCH3 is 1. The van der Waals surface area contributed by atoms with Gasteiger partial charge in [0.05, 0.1) is 7.11 Å². The molecule has 1 unspecified atom stereocenters. The number of ether oxygens (including phenoxy) is 1. The summed E-state index contributed by atoms with van der Waals surface area (Å²) in [4.78, 5) is 0. The van der Waals surface area contributed by atoms with E-state index in [9.17, 15) is 8.78 Å². The van der Waals surface area contributed by atoms with Crippen LogP contribution in [-0.4, -0.2) is 20.2 Å². The van der Waals surface area contributed by atoms with Crippen molar-refractivity contribution in [3.8, 4) is 5.75 Å². The van der Waals surface area contributed by atoms with Crippen LogP contribution in [0.3, 0.4) is 0 Å². The van der Waals surface area contributed by atoms with Crippen LogP contribution in [0.5, 0.6) is 5.75 Å². The third-order valence-corrected chi connectivity index (χ3v) is 3.53. The van der Waals surface area contributed by atoms with Crippen molar-refractivity contribution in [2.75, 3.05) is 14.2 Å². The van der Waals surface area contributed by atoms with E-state index in [4.69, 9.17) is 4.74 Å². The lowest BCUT2D eigenvalue weighted by Crippen LogP contribution is -2.30. The summed E-state index contributed by atoms with van der Waals surface area (Å²) in [5.41, 5.74) is 1.51. The first kappa shape index (κ1) is 15.4. The largest absolute Gasteiger partial charge is 0.494 e. The van der Waals surface area contributed by atoms with Gasteiger partial charge < -0.3 is 10.1 Å². The number of hydrogen-bond donors (Lipinski definition) is 1. The highest BCUT2D eigenvalue weighted by Crippen LogP contribution is 2.19. The molecule has 21 heavy (non-hydrogen) atoms. The predicted molar refractivity (Wildman–Crippen MR) is 79.6 cm³/mol. The Bertz CT molecular complexity index is 601. The summed E-state index contributed by atoms with van der Waals surface area (Å²) < 4.78 is 32.3. The first-order valence-electron chi connectivity index (χ1n) is 6.87. The van der Waals surface area contributed by atoms with E-state index in [-0.39, 0.29) is 23.4 Å². The summed E-state index contributed by atoms with van der Waals surface area (Å²) >= 11 is 0. The molecule has 0 saturated carbocycles. The van der Waals surface area contributed by atoms with Gasteiger partial charge in [0.2, 0.25) is 0 Å². The van der Waals surface area contributed by atoms with Crippen molar-refractivity contribution in [1.29, 1.82) is 0 Å². The molecule has 0 bridgehead atoms. The maximum atomic E-state index is 13.7. The maximum Gasteiger partial charge on any atom is 0.165 e. The second-order valence-electron chi connectivity index (χ2n) is 4.95. The van der Waals surface area contributed by atoms with Crippen LogP contribution in [0.25, 0.3) is 0 Å². The van der Waals surface area contributed by atoms with Gasteiger partial charge in [-0.25, -0.2) is 8.78 Å². The lowest BCUT2D eigenvalue weighted by molar-refractivity contribution is 0.386. The Morgan fingerprint density at radius 1 is 1.05 bits per heavy atom. The fraction of sp³-hybridized carbons (Fsp3) is 0.294. The molecule has 0 aromatic heterocycles. The van der Waals surface area contributed by atoms with Gasteiger partial charge in [-0.15, -0.1) is 0 Å². The molecule has 2 aromatic carbocycles. The molecule has 0 fully saturated rings. The van der Waals surface area contributed by atoms with Gasteiger partial charge in [-0.05, 0) is 49.2 Å². The quantitative estimate of drug-likeness (QED) is 0.881. The van der Waals surface area contributed by atoms with Crippen molar-refractivity contribution in [3.05, 3.63) is 65.2 Å². The van der Waals surface area contributed by atoms with Crippen molar-refractivity contribution >= 4 is 0 Å². The summed E-state index contributed by atoms with van der Waals surface area (Å²) in [6.45, 7) is 0. The summed E-state index contributed by atoms with van der Waals surface area (Å²) in [5, 5.41) is 3.15. The van der Waals surface area contributed by atoms with Crippen LogP contribution in [-0.2, 0) is 12.8 Å². The number of hydrogen-bond acceptors (Lipinski definition) is 2. The van der Waals surface area contributed by atoms with E-state index >= 15 is 0 Å². The molecule has 0 aliphatic carbocycles. The summed E-state index contributed by atoms with van der Waals surface area (Å²) in [6, 6.07) is 11.7. The summed E-state index contributed by atoms with van der Waals surface area (Å²) in [6.07, 6.45) is 1.17. The van der Waals surface area contributed by atoms with Crippen LogP contribution in [0.2, 0.25) is 0 Å². The topological polar surface area (TPSA) is 21.3 Å². The normalized spacial score (nSPS) is 12.2. The summed E-state index contributed by atoms with van der Waals surface area (Å²) in [7, 11) is 3.26. The number of likely N-dealkylation sites (N-methyl/N-ethyl adjacent to an activating group) is 1. The highest BCUT2D eigenvalue weighted by atomic mass is 19.1. The van der Waals surface area contributed by atoms with Crippen LogP contribution < -0.4 is 10.1 Å². The molecule has 0 aliphatic heterocycles. The van der Waals surface area contributed by atoms with Gasteiger partial charge in [0.25, 0.3) is 0 Å². The van der Waals surface area contributed by atoms with Gasteiger partial charge in [0, 0.05) is 6.04 Å².